The summed E-state index contributed by atoms with van der Waals surface area (Å²) in [4.78, 5) is 16.2. The van der Waals surface area contributed by atoms with Crippen molar-refractivity contribution in [2.75, 3.05) is 38.5 Å². The summed E-state index contributed by atoms with van der Waals surface area (Å²) in [5, 5.41) is 12.9. The lowest BCUT2D eigenvalue weighted by atomic mass is 10.2. The Morgan fingerprint density at radius 3 is 2.68 bits per heavy atom. The van der Waals surface area contributed by atoms with E-state index in [1.807, 2.05) is 32.2 Å². The minimum absolute atomic E-state index is 0.101. The van der Waals surface area contributed by atoms with Crippen molar-refractivity contribution in [2.24, 2.45) is 0 Å². The van der Waals surface area contributed by atoms with Crippen LogP contribution in [-0.2, 0) is 4.79 Å². The van der Waals surface area contributed by atoms with Gasteiger partial charge in [-0.2, -0.15) is 5.26 Å². The molecule has 1 fully saturated rings. The van der Waals surface area contributed by atoms with E-state index in [1.165, 1.54) is 6.20 Å². The van der Waals surface area contributed by atoms with E-state index >= 15 is 0 Å². The highest BCUT2D eigenvalue weighted by Gasteiger charge is 2.22. The molecule has 6 heteroatoms. The van der Waals surface area contributed by atoms with E-state index in [-0.39, 0.29) is 11.5 Å². The minimum atomic E-state index is -0.234. The predicted molar refractivity (Wildman–Crippen MR) is 87.6 cm³/mol. The highest BCUT2D eigenvalue weighted by molar-refractivity contribution is 6.31. The van der Waals surface area contributed by atoms with Crippen LogP contribution in [0.1, 0.15) is 5.56 Å². The lowest BCUT2D eigenvalue weighted by molar-refractivity contribution is -0.128. The Kier molecular flexibility index (Phi) is 5.42. The third-order valence-electron chi connectivity index (χ3n) is 3.78. The molecular weight excluding hydrogens is 300 g/mol. The molecule has 1 saturated heterocycles. The number of carbonyl (C=O) groups excluding carboxylic acids is 1. The molecular formula is C16H19ClN4O. The van der Waals surface area contributed by atoms with Crippen LogP contribution in [0.25, 0.3) is 0 Å². The zero-order chi connectivity index (χ0) is 16.1. The molecule has 5 nitrogen and oxygen atoms in total. The summed E-state index contributed by atoms with van der Waals surface area (Å²) in [5.41, 5.74) is 1.76. The minimum Gasteiger partial charge on any atom is -0.360 e. The predicted octanol–water partition coefficient (Wildman–Crippen LogP) is 2.24. The average molecular weight is 319 g/mol. The Morgan fingerprint density at radius 2 is 2.05 bits per heavy atom. The molecule has 1 aliphatic rings. The number of nitrogens with zero attached hydrogens (tertiary/aromatic N) is 3. The van der Waals surface area contributed by atoms with Crippen LogP contribution in [0.5, 0.6) is 0 Å². The second-order valence-corrected chi connectivity index (χ2v) is 5.73. The van der Waals surface area contributed by atoms with Gasteiger partial charge in [-0.05, 0) is 31.7 Å². The molecule has 0 spiro atoms. The lowest BCUT2D eigenvalue weighted by Gasteiger charge is -2.32. The molecule has 0 unspecified atom stereocenters. The van der Waals surface area contributed by atoms with Crippen LogP contribution in [0.15, 0.2) is 30.0 Å². The number of anilines is 1. The molecule has 1 aromatic carbocycles. The van der Waals surface area contributed by atoms with Crippen molar-refractivity contribution in [3.8, 4) is 6.07 Å². The molecule has 0 saturated carbocycles. The Hall–Kier alpha value is -2.03. The molecule has 0 aromatic heterocycles. The number of hydrogen-bond donors (Lipinski definition) is 1. The number of nitriles is 1. The summed E-state index contributed by atoms with van der Waals surface area (Å²) in [5.74, 6) is -0.234. The van der Waals surface area contributed by atoms with Gasteiger partial charge in [-0.25, -0.2) is 0 Å². The number of nitrogens with one attached hydrogen (secondary N) is 1. The van der Waals surface area contributed by atoms with Gasteiger partial charge in [0.25, 0.3) is 5.91 Å². The number of amides is 1. The monoisotopic (exact) mass is 318 g/mol. The van der Waals surface area contributed by atoms with Crippen LogP contribution < -0.4 is 5.32 Å². The van der Waals surface area contributed by atoms with Gasteiger partial charge in [0.15, 0.2) is 0 Å². The van der Waals surface area contributed by atoms with E-state index < -0.39 is 0 Å². The van der Waals surface area contributed by atoms with Gasteiger partial charge >= 0.3 is 0 Å². The standard InChI is InChI=1S/C16H19ClN4O/c1-12-14(17)4-3-5-15(12)19-11-13(10-18)16(22)21-8-6-20(2)7-9-21/h3-5,11,19H,6-9H2,1-2H3/b13-11-. The highest BCUT2D eigenvalue weighted by Crippen LogP contribution is 2.23. The first-order chi connectivity index (χ1) is 10.5. The van der Waals surface area contributed by atoms with Crippen molar-refractivity contribution in [3.63, 3.8) is 0 Å². The van der Waals surface area contributed by atoms with Gasteiger partial charge in [0.2, 0.25) is 0 Å². The van der Waals surface area contributed by atoms with Gasteiger partial charge in [-0.3, -0.25) is 4.79 Å². The summed E-state index contributed by atoms with van der Waals surface area (Å²) < 4.78 is 0. The zero-order valence-corrected chi connectivity index (χ0v) is 13.5. The number of likely N-dealkylation sites (N-methyl/N-ethyl adjacent to an activating group) is 1. The molecule has 0 aliphatic carbocycles. The summed E-state index contributed by atoms with van der Waals surface area (Å²) in [6, 6.07) is 7.45. The largest absolute Gasteiger partial charge is 0.360 e. The quantitative estimate of drug-likeness (QED) is 0.686. The molecule has 0 atom stereocenters. The van der Waals surface area contributed by atoms with E-state index in [2.05, 4.69) is 10.2 Å². The van der Waals surface area contributed by atoms with E-state index in [9.17, 15) is 10.1 Å². The second-order valence-electron chi connectivity index (χ2n) is 5.32. The molecule has 0 bridgehead atoms. The molecule has 1 aliphatic heterocycles. The Morgan fingerprint density at radius 1 is 1.36 bits per heavy atom. The topological polar surface area (TPSA) is 59.4 Å². The third-order valence-corrected chi connectivity index (χ3v) is 4.19. The molecule has 22 heavy (non-hydrogen) atoms. The van der Waals surface area contributed by atoms with Gasteiger partial charge in [-0.15, -0.1) is 0 Å². The molecule has 0 radical (unpaired) electrons. The van der Waals surface area contributed by atoms with Gasteiger partial charge in [0.05, 0.1) is 0 Å². The fourth-order valence-corrected chi connectivity index (χ4v) is 2.41. The van der Waals surface area contributed by atoms with Gasteiger partial charge in [0.1, 0.15) is 11.6 Å². The number of piperazine rings is 1. The Balaban J connectivity index is 2.09. The molecule has 1 heterocycles. The fourth-order valence-electron chi connectivity index (χ4n) is 2.24. The molecule has 1 aromatic rings. The molecule has 1 N–H and O–H groups in total. The van der Waals surface area contributed by atoms with Crippen LogP contribution >= 0.6 is 11.6 Å². The van der Waals surface area contributed by atoms with E-state index in [0.29, 0.717) is 18.1 Å². The maximum atomic E-state index is 12.4. The summed E-state index contributed by atoms with van der Waals surface area (Å²) in [6.07, 6.45) is 1.46. The third kappa shape index (κ3) is 3.79. The van der Waals surface area contributed by atoms with Crippen LogP contribution in [0.3, 0.4) is 0 Å². The molecule has 2 rings (SSSR count). The number of carbonyl (C=O) groups is 1. The highest BCUT2D eigenvalue weighted by atomic mass is 35.5. The van der Waals surface area contributed by atoms with Crippen molar-refractivity contribution >= 4 is 23.2 Å². The SMILES string of the molecule is Cc1c(Cl)cccc1N/C=C(/C#N)C(=O)N1CCN(C)CC1. The average Bonchev–Trinajstić information content (AvgIpc) is 2.52. The summed E-state index contributed by atoms with van der Waals surface area (Å²) in [6.45, 7) is 4.82. The number of hydrogen-bond acceptors (Lipinski definition) is 4. The van der Waals surface area contributed by atoms with Gasteiger partial charge in [-0.1, -0.05) is 17.7 Å². The van der Waals surface area contributed by atoms with Crippen LogP contribution in [0, 0.1) is 18.3 Å². The van der Waals surface area contributed by atoms with Gasteiger partial charge < -0.3 is 15.1 Å². The van der Waals surface area contributed by atoms with Gasteiger partial charge in [0, 0.05) is 43.1 Å². The van der Waals surface area contributed by atoms with Crippen molar-refractivity contribution < 1.29 is 4.79 Å². The molecule has 116 valence electrons. The lowest BCUT2D eigenvalue weighted by Crippen LogP contribution is -2.47. The van der Waals surface area contributed by atoms with Crippen molar-refractivity contribution in [1.29, 1.82) is 5.26 Å². The fraction of sp³-hybridized carbons (Fsp3) is 0.375. The number of benzene rings is 1. The van der Waals surface area contributed by atoms with E-state index in [4.69, 9.17) is 11.6 Å². The summed E-state index contributed by atoms with van der Waals surface area (Å²) >= 11 is 6.06. The van der Waals surface area contributed by atoms with Crippen LogP contribution in [-0.4, -0.2) is 48.9 Å². The second kappa shape index (κ2) is 7.30. The van der Waals surface area contributed by atoms with Crippen LogP contribution in [0.2, 0.25) is 5.02 Å². The normalized spacial score (nSPS) is 16.3. The van der Waals surface area contributed by atoms with Crippen molar-refractivity contribution in [3.05, 3.63) is 40.6 Å². The van der Waals surface area contributed by atoms with E-state index in [1.54, 1.807) is 11.0 Å². The van der Waals surface area contributed by atoms with Crippen molar-refractivity contribution in [2.45, 2.75) is 6.92 Å². The van der Waals surface area contributed by atoms with Crippen molar-refractivity contribution in [1.82, 2.24) is 9.80 Å². The smallest absolute Gasteiger partial charge is 0.266 e. The first kappa shape index (κ1) is 16.3. The zero-order valence-electron chi connectivity index (χ0n) is 12.8. The molecule has 1 amide bonds. The Bertz CT molecular complexity index is 628. The maximum absolute atomic E-state index is 12.4. The maximum Gasteiger partial charge on any atom is 0.266 e. The first-order valence-electron chi connectivity index (χ1n) is 7.12. The summed E-state index contributed by atoms with van der Waals surface area (Å²) in [7, 11) is 2.02. The first-order valence-corrected chi connectivity index (χ1v) is 7.50. The Labute approximate surface area is 135 Å². The number of rotatable bonds is 3. The van der Waals surface area contributed by atoms with Crippen LogP contribution in [0.4, 0.5) is 5.69 Å². The number of halogens is 1. The van der Waals surface area contributed by atoms with E-state index in [0.717, 1.165) is 24.3 Å².